The van der Waals surface area contributed by atoms with Gasteiger partial charge in [-0.3, -0.25) is 4.79 Å². The van der Waals surface area contributed by atoms with Crippen LogP contribution in [0.5, 0.6) is 5.75 Å². The Kier molecular flexibility index (Phi) is 6.49. The molecule has 1 amide bonds. The van der Waals surface area contributed by atoms with Crippen LogP contribution in [0.15, 0.2) is 58.8 Å². The maximum Gasteiger partial charge on any atom is 0.271 e. The Morgan fingerprint density at radius 2 is 1.83 bits per heavy atom. The monoisotopic (exact) mass is 395 g/mol. The molecule has 29 heavy (non-hydrogen) atoms. The van der Waals surface area contributed by atoms with Crippen LogP contribution in [0.25, 0.3) is 0 Å². The number of nitrogens with zero attached hydrogens (tertiary/aromatic N) is 2. The SMILES string of the molecule is CON=C(C(N)=O)c1ccccc1CON=C(C)[C@@H]1C[C@H]1c1ccc(OC)cc1. The second kappa shape index (κ2) is 9.23. The molecule has 7 nitrogen and oxygen atoms in total. The molecule has 0 unspecified atom stereocenters. The van der Waals surface area contributed by atoms with Gasteiger partial charge in [-0.05, 0) is 37.0 Å². The zero-order chi connectivity index (χ0) is 20.8. The van der Waals surface area contributed by atoms with Crippen molar-refractivity contribution in [1.82, 2.24) is 0 Å². The number of methoxy groups -OCH3 is 1. The Morgan fingerprint density at radius 1 is 1.10 bits per heavy atom. The van der Waals surface area contributed by atoms with Crippen molar-refractivity contribution in [3.8, 4) is 5.75 Å². The molecule has 2 aromatic carbocycles. The molecule has 0 saturated heterocycles. The molecule has 0 aliphatic heterocycles. The second-order valence-electron chi connectivity index (χ2n) is 6.87. The van der Waals surface area contributed by atoms with Gasteiger partial charge in [-0.25, -0.2) is 0 Å². The van der Waals surface area contributed by atoms with Crippen LogP contribution in [0.4, 0.5) is 0 Å². The molecule has 0 aromatic heterocycles. The van der Waals surface area contributed by atoms with Gasteiger partial charge in [0.2, 0.25) is 0 Å². The molecule has 0 heterocycles. The molecule has 3 rings (SSSR count). The lowest BCUT2D eigenvalue weighted by molar-refractivity contribution is -0.112. The molecule has 2 N–H and O–H groups in total. The molecular weight excluding hydrogens is 370 g/mol. The third-order valence-electron chi connectivity index (χ3n) is 4.99. The van der Waals surface area contributed by atoms with Gasteiger partial charge in [0, 0.05) is 17.0 Å². The Hall–Kier alpha value is -3.35. The molecule has 2 aromatic rings. The van der Waals surface area contributed by atoms with Gasteiger partial charge in [0.15, 0.2) is 5.71 Å². The van der Waals surface area contributed by atoms with Gasteiger partial charge in [0.05, 0.1) is 12.8 Å². The highest BCUT2D eigenvalue weighted by atomic mass is 16.6. The van der Waals surface area contributed by atoms with Gasteiger partial charge >= 0.3 is 0 Å². The summed E-state index contributed by atoms with van der Waals surface area (Å²) in [5, 5.41) is 8.02. The second-order valence-corrected chi connectivity index (χ2v) is 6.87. The largest absolute Gasteiger partial charge is 0.497 e. The van der Waals surface area contributed by atoms with Gasteiger partial charge in [-0.15, -0.1) is 0 Å². The molecule has 2 atom stereocenters. The molecule has 1 aliphatic carbocycles. The molecule has 1 fully saturated rings. The van der Waals surface area contributed by atoms with Crippen LogP contribution in [0.1, 0.15) is 36.0 Å². The fourth-order valence-corrected chi connectivity index (χ4v) is 3.34. The van der Waals surface area contributed by atoms with Crippen LogP contribution >= 0.6 is 0 Å². The zero-order valence-corrected chi connectivity index (χ0v) is 16.8. The summed E-state index contributed by atoms with van der Waals surface area (Å²) in [6.45, 7) is 2.17. The molecule has 0 bridgehead atoms. The van der Waals surface area contributed by atoms with Crippen molar-refractivity contribution in [1.29, 1.82) is 0 Å². The highest BCUT2D eigenvalue weighted by molar-refractivity contribution is 6.45. The smallest absolute Gasteiger partial charge is 0.271 e. The van der Waals surface area contributed by atoms with E-state index in [0.29, 0.717) is 17.4 Å². The quantitative estimate of drug-likeness (QED) is 0.521. The summed E-state index contributed by atoms with van der Waals surface area (Å²) in [6.07, 6.45) is 1.05. The first-order valence-electron chi connectivity index (χ1n) is 9.34. The van der Waals surface area contributed by atoms with Crippen molar-refractivity contribution in [3.63, 3.8) is 0 Å². The van der Waals surface area contributed by atoms with Crippen LogP contribution in [0.3, 0.4) is 0 Å². The number of hydrogen-bond acceptors (Lipinski definition) is 6. The molecular formula is C22H25N3O4. The summed E-state index contributed by atoms with van der Waals surface area (Å²) in [5.74, 6) is 1.01. The number of carbonyl (C=O) groups is 1. The standard InChI is InChI=1S/C22H25N3O4/c1-14(19-12-20(19)15-8-10-17(27-2)11-9-15)24-29-13-16-6-4-5-7-18(16)21(22(23)26)25-28-3/h4-11,19-20H,12-13H2,1-3H3,(H2,23,26)/t19-,20-/m0/s1. The van der Waals surface area contributed by atoms with Gasteiger partial charge in [0.25, 0.3) is 5.91 Å². The van der Waals surface area contributed by atoms with E-state index in [9.17, 15) is 4.79 Å². The number of hydrogen-bond donors (Lipinski definition) is 1. The zero-order valence-electron chi connectivity index (χ0n) is 16.8. The number of primary amides is 1. The lowest BCUT2D eigenvalue weighted by atomic mass is 10.0. The van der Waals surface area contributed by atoms with E-state index in [2.05, 4.69) is 22.4 Å². The lowest BCUT2D eigenvalue weighted by Gasteiger charge is -2.09. The highest BCUT2D eigenvalue weighted by Gasteiger charge is 2.40. The average Bonchev–Trinajstić information content (AvgIpc) is 3.53. The first kappa shape index (κ1) is 20.4. The first-order chi connectivity index (χ1) is 14.0. The van der Waals surface area contributed by atoms with Gasteiger partial charge in [-0.2, -0.15) is 0 Å². The van der Waals surface area contributed by atoms with Gasteiger partial charge < -0.3 is 20.1 Å². The lowest BCUT2D eigenvalue weighted by Crippen LogP contribution is -2.25. The molecule has 0 spiro atoms. The van der Waals surface area contributed by atoms with Gasteiger partial charge in [0.1, 0.15) is 19.5 Å². The number of amides is 1. The number of rotatable bonds is 9. The van der Waals surface area contributed by atoms with E-state index < -0.39 is 5.91 Å². The highest BCUT2D eigenvalue weighted by Crippen LogP contribution is 2.48. The molecule has 0 radical (unpaired) electrons. The number of ether oxygens (including phenoxy) is 1. The van der Waals surface area contributed by atoms with E-state index in [1.807, 2.05) is 31.2 Å². The molecule has 1 saturated carbocycles. The van der Waals surface area contributed by atoms with Crippen molar-refractivity contribution >= 4 is 17.3 Å². The van der Waals surface area contributed by atoms with E-state index in [0.717, 1.165) is 23.4 Å². The summed E-state index contributed by atoms with van der Waals surface area (Å²) < 4.78 is 5.21. The molecule has 1 aliphatic rings. The summed E-state index contributed by atoms with van der Waals surface area (Å²) in [4.78, 5) is 22.0. The maximum absolute atomic E-state index is 11.7. The minimum absolute atomic E-state index is 0.0502. The third kappa shape index (κ3) is 4.93. The summed E-state index contributed by atoms with van der Waals surface area (Å²) in [5.41, 5.74) is 9.00. The van der Waals surface area contributed by atoms with E-state index in [1.165, 1.54) is 12.7 Å². The number of benzene rings is 2. The first-order valence-corrected chi connectivity index (χ1v) is 9.34. The third-order valence-corrected chi connectivity index (χ3v) is 4.99. The van der Waals surface area contributed by atoms with Crippen LogP contribution in [-0.2, 0) is 21.1 Å². The topological polar surface area (TPSA) is 95.5 Å². The Labute approximate surface area is 170 Å². The maximum atomic E-state index is 11.7. The predicted molar refractivity (Wildman–Crippen MR) is 111 cm³/mol. The fourth-order valence-electron chi connectivity index (χ4n) is 3.34. The summed E-state index contributed by atoms with van der Waals surface area (Å²) in [7, 11) is 3.03. The fraction of sp³-hybridized carbons (Fsp3) is 0.318. The Bertz CT molecular complexity index is 922. The van der Waals surface area contributed by atoms with Crippen molar-refractivity contribution in [3.05, 3.63) is 65.2 Å². The molecule has 152 valence electrons. The van der Waals surface area contributed by atoms with E-state index in [4.69, 9.17) is 20.1 Å². The minimum Gasteiger partial charge on any atom is -0.497 e. The average molecular weight is 395 g/mol. The van der Waals surface area contributed by atoms with E-state index in [-0.39, 0.29) is 12.3 Å². The van der Waals surface area contributed by atoms with Crippen LogP contribution in [0.2, 0.25) is 0 Å². The number of oxime groups is 2. The molecule has 7 heteroatoms. The van der Waals surface area contributed by atoms with Crippen molar-refractivity contribution in [2.45, 2.75) is 25.9 Å². The van der Waals surface area contributed by atoms with Crippen LogP contribution in [0, 0.1) is 5.92 Å². The van der Waals surface area contributed by atoms with Crippen LogP contribution in [-0.4, -0.2) is 31.6 Å². The summed E-state index contributed by atoms with van der Waals surface area (Å²) in [6, 6.07) is 15.4. The van der Waals surface area contributed by atoms with Crippen molar-refractivity contribution in [2.75, 3.05) is 14.2 Å². The predicted octanol–water partition coefficient (Wildman–Crippen LogP) is 3.23. The van der Waals surface area contributed by atoms with E-state index >= 15 is 0 Å². The van der Waals surface area contributed by atoms with Crippen molar-refractivity contribution in [2.24, 2.45) is 22.0 Å². The number of nitrogens with two attached hydrogens (primary N) is 1. The van der Waals surface area contributed by atoms with Gasteiger partial charge in [-0.1, -0.05) is 46.7 Å². The number of carbonyl (C=O) groups excluding carboxylic acids is 1. The normalized spacial score (nSPS) is 18.9. The Balaban J connectivity index is 1.63. The Morgan fingerprint density at radius 3 is 2.48 bits per heavy atom. The van der Waals surface area contributed by atoms with E-state index in [1.54, 1.807) is 19.2 Å². The summed E-state index contributed by atoms with van der Waals surface area (Å²) >= 11 is 0. The minimum atomic E-state index is -0.667. The van der Waals surface area contributed by atoms with Crippen LogP contribution < -0.4 is 10.5 Å². The van der Waals surface area contributed by atoms with Crippen molar-refractivity contribution < 1.29 is 19.2 Å².